The Morgan fingerprint density at radius 3 is 2.06 bits per heavy atom. The number of hydrogen-bond acceptors (Lipinski definition) is 3. The second kappa shape index (κ2) is 7.41. The molecule has 1 saturated carbocycles. The van der Waals surface area contributed by atoms with Crippen molar-refractivity contribution in [1.82, 2.24) is 9.80 Å². The van der Waals surface area contributed by atoms with Crippen LogP contribution in [-0.4, -0.2) is 54.0 Å². The number of carbonyl (C=O) groups excluding carboxylic acids is 1. The summed E-state index contributed by atoms with van der Waals surface area (Å²) in [6, 6.07) is 0.456. The van der Waals surface area contributed by atoms with Gasteiger partial charge < -0.3 is 10.6 Å². The van der Waals surface area contributed by atoms with E-state index in [1.807, 2.05) is 4.90 Å². The Balaban J connectivity index is 0.00000128. The number of halogens is 2. The first-order valence-electron chi connectivity index (χ1n) is 5.97. The third kappa shape index (κ3) is 3.98. The molecule has 0 aromatic carbocycles. The van der Waals surface area contributed by atoms with Crippen LogP contribution >= 0.6 is 24.8 Å². The van der Waals surface area contributed by atoms with Gasteiger partial charge in [-0.15, -0.1) is 24.8 Å². The highest BCUT2D eigenvalue weighted by atomic mass is 35.5. The molecule has 0 unspecified atom stereocenters. The first-order chi connectivity index (χ1) is 7.18. The highest BCUT2D eigenvalue weighted by molar-refractivity contribution is 5.85. The summed E-state index contributed by atoms with van der Waals surface area (Å²) in [5.41, 5.74) is 5.59. The molecule has 2 rings (SSSR count). The molecule has 1 saturated heterocycles. The second-order valence-electron chi connectivity index (χ2n) is 4.73. The van der Waals surface area contributed by atoms with E-state index in [9.17, 15) is 4.79 Å². The van der Waals surface area contributed by atoms with E-state index in [1.165, 1.54) is 19.3 Å². The summed E-state index contributed by atoms with van der Waals surface area (Å²) in [5.74, 6) is 0.100. The van der Waals surface area contributed by atoms with E-state index in [2.05, 4.69) is 4.90 Å². The maximum atomic E-state index is 11.6. The predicted octanol–water partition coefficient (Wildman–Crippen LogP) is 0.874. The number of nitrogens with zero attached hydrogens (tertiary/aromatic N) is 2. The van der Waals surface area contributed by atoms with Gasteiger partial charge in [-0.3, -0.25) is 9.69 Å². The molecule has 17 heavy (non-hydrogen) atoms. The van der Waals surface area contributed by atoms with Crippen molar-refractivity contribution in [3.05, 3.63) is 0 Å². The molecule has 0 spiro atoms. The molecule has 1 aliphatic heterocycles. The zero-order chi connectivity index (χ0) is 10.8. The summed E-state index contributed by atoms with van der Waals surface area (Å²) in [5, 5.41) is 0. The second-order valence-corrected chi connectivity index (χ2v) is 4.73. The minimum absolute atomic E-state index is 0. The van der Waals surface area contributed by atoms with Crippen LogP contribution in [0.4, 0.5) is 0 Å². The third-order valence-electron chi connectivity index (χ3n) is 3.61. The van der Waals surface area contributed by atoms with E-state index in [4.69, 9.17) is 5.73 Å². The number of hydrogen-bond donors (Lipinski definition) is 1. The molecule has 6 heteroatoms. The van der Waals surface area contributed by atoms with Crippen LogP contribution in [0.5, 0.6) is 0 Å². The Morgan fingerprint density at radius 2 is 1.71 bits per heavy atom. The van der Waals surface area contributed by atoms with Crippen molar-refractivity contribution in [2.45, 2.75) is 38.3 Å². The molecule has 2 N–H and O–H groups in total. The summed E-state index contributed by atoms with van der Waals surface area (Å²) in [6.45, 7) is 5.54. The minimum Gasteiger partial charge on any atom is -0.339 e. The van der Waals surface area contributed by atoms with Gasteiger partial charge >= 0.3 is 0 Å². The molecule has 4 nitrogen and oxygen atoms in total. The number of amides is 1. The number of nitrogens with two attached hydrogens (primary N) is 1. The molecule has 1 amide bonds. The molecule has 2 fully saturated rings. The SMILES string of the molecule is C[C@@H](N)C(=O)N1CCN(C2CCC2)CC1.Cl.Cl. The number of piperazine rings is 1. The Bertz CT molecular complexity index is 239. The molecule has 1 atom stereocenters. The van der Waals surface area contributed by atoms with Crippen LogP contribution in [0.25, 0.3) is 0 Å². The normalized spacial score (nSPS) is 23.1. The fraction of sp³-hybridized carbons (Fsp3) is 0.909. The monoisotopic (exact) mass is 283 g/mol. The van der Waals surface area contributed by atoms with Crippen LogP contribution in [0.2, 0.25) is 0 Å². The van der Waals surface area contributed by atoms with Gasteiger partial charge in [0.25, 0.3) is 0 Å². The lowest BCUT2D eigenvalue weighted by molar-refractivity contribution is -0.134. The van der Waals surface area contributed by atoms with Gasteiger partial charge in [-0.2, -0.15) is 0 Å². The van der Waals surface area contributed by atoms with Gasteiger partial charge in [0.05, 0.1) is 6.04 Å². The van der Waals surface area contributed by atoms with Crippen molar-refractivity contribution in [3.63, 3.8) is 0 Å². The summed E-state index contributed by atoms with van der Waals surface area (Å²) < 4.78 is 0. The quantitative estimate of drug-likeness (QED) is 0.818. The molecule has 0 aromatic rings. The third-order valence-corrected chi connectivity index (χ3v) is 3.61. The number of rotatable bonds is 2. The molecular formula is C11H23Cl2N3O. The van der Waals surface area contributed by atoms with Crippen LogP contribution in [-0.2, 0) is 4.79 Å². The standard InChI is InChI=1S/C11H21N3O.2ClH/c1-9(12)11(15)14-7-5-13(6-8-14)10-3-2-4-10;;/h9-10H,2-8,12H2,1H3;2*1H/t9-;;/m1../s1. The van der Waals surface area contributed by atoms with Crippen LogP contribution < -0.4 is 5.73 Å². The van der Waals surface area contributed by atoms with E-state index in [0.29, 0.717) is 0 Å². The van der Waals surface area contributed by atoms with Crippen LogP contribution in [0, 0.1) is 0 Å². The van der Waals surface area contributed by atoms with Crippen LogP contribution in [0.3, 0.4) is 0 Å². The van der Waals surface area contributed by atoms with Gasteiger partial charge in [-0.1, -0.05) is 6.42 Å². The number of carbonyl (C=O) groups is 1. The predicted molar refractivity (Wildman–Crippen MR) is 73.9 cm³/mol. The smallest absolute Gasteiger partial charge is 0.239 e. The fourth-order valence-corrected chi connectivity index (χ4v) is 2.35. The van der Waals surface area contributed by atoms with E-state index < -0.39 is 0 Å². The molecule has 2 aliphatic rings. The highest BCUT2D eigenvalue weighted by Crippen LogP contribution is 2.25. The van der Waals surface area contributed by atoms with Crippen molar-refractivity contribution in [1.29, 1.82) is 0 Å². The molecule has 102 valence electrons. The Morgan fingerprint density at radius 1 is 1.18 bits per heavy atom. The van der Waals surface area contributed by atoms with Crippen molar-refractivity contribution in [3.8, 4) is 0 Å². The van der Waals surface area contributed by atoms with Gasteiger partial charge in [0.15, 0.2) is 0 Å². The van der Waals surface area contributed by atoms with E-state index >= 15 is 0 Å². The minimum atomic E-state index is -0.347. The molecular weight excluding hydrogens is 261 g/mol. The van der Waals surface area contributed by atoms with Crippen molar-refractivity contribution < 1.29 is 4.79 Å². The van der Waals surface area contributed by atoms with Crippen LogP contribution in [0.1, 0.15) is 26.2 Å². The Hall–Kier alpha value is -0.0300. The van der Waals surface area contributed by atoms with E-state index in [1.54, 1.807) is 6.92 Å². The lowest BCUT2D eigenvalue weighted by atomic mass is 9.91. The van der Waals surface area contributed by atoms with Crippen molar-refractivity contribution in [2.75, 3.05) is 26.2 Å². The molecule has 0 radical (unpaired) electrons. The fourth-order valence-electron chi connectivity index (χ4n) is 2.35. The zero-order valence-electron chi connectivity index (χ0n) is 10.3. The molecule has 0 bridgehead atoms. The van der Waals surface area contributed by atoms with Gasteiger partial charge in [-0.05, 0) is 19.8 Å². The summed E-state index contributed by atoms with van der Waals surface area (Å²) in [4.78, 5) is 16.1. The Labute approximate surface area is 116 Å². The van der Waals surface area contributed by atoms with Crippen LogP contribution in [0.15, 0.2) is 0 Å². The maximum absolute atomic E-state index is 11.6. The van der Waals surface area contributed by atoms with Gasteiger partial charge in [-0.25, -0.2) is 0 Å². The van der Waals surface area contributed by atoms with E-state index in [-0.39, 0.29) is 36.8 Å². The first-order valence-corrected chi connectivity index (χ1v) is 5.97. The van der Waals surface area contributed by atoms with Gasteiger partial charge in [0.1, 0.15) is 0 Å². The average molecular weight is 284 g/mol. The average Bonchev–Trinajstić information content (AvgIpc) is 2.15. The zero-order valence-corrected chi connectivity index (χ0v) is 11.9. The summed E-state index contributed by atoms with van der Waals surface area (Å²) >= 11 is 0. The summed E-state index contributed by atoms with van der Waals surface area (Å²) in [7, 11) is 0. The highest BCUT2D eigenvalue weighted by Gasteiger charge is 2.29. The largest absolute Gasteiger partial charge is 0.339 e. The molecule has 0 aromatic heterocycles. The van der Waals surface area contributed by atoms with Crippen molar-refractivity contribution in [2.24, 2.45) is 5.73 Å². The van der Waals surface area contributed by atoms with Crippen molar-refractivity contribution >= 4 is 30.7 Å². The topological polar surface area (TPSA) is 49.6 Å². The molecule has 1 aliphatic carbocycles. The maximum Gasteiger partial charge on any atom is 0.239 e. The molecule has 1 heterocycles. The van der Waals surface area contributed by atoms with Gasteiger partial charge in [0.2, 0.25) is 5.91 Å². The lowest BCUT2D eigenvalue weighted by Crippen LogP contribution is -2.55. The van der Waals surface area contributed by atoms with Gasteiger partial charge in [0, 0.05) is 32.2 Å². The van der Waals surface area contributed by atoms with E-state index in [0.717, 1.165) is 32.2 Å². The summed E-state index contributed by atoms with van der Waals surface area (Å²) in [6.07, 6.45) is 4.08. The first kappa shape index (κ1) is 17.0. The lowest BCUT2D eigenvalue weighted by Gasteiger charge is -2.43. The Kier molecular flexibility index (Phi) is 7.40.